The van der Waals surface area contributed by atoms with Gasteiger partial charge in [0.25, 0.3) is 0 Å². The Balaban J connectivity index is 1.77. The van der Waals surface area contributed by atoms with Crippen molar-refractivity contribution in [3.8, 4) is 0 Å². The summed E-state index contributed by atoms with van der Waals surface area (Å²) in [6.07, 6.45) is 9.45. The predicted molar refractivity (Wildman–Crippen MR) is 83.8 cm³/mol. The normalized spacial score (nSPS) is 16.3. The standard InChI is InChI=1S/C15H25N3OS/c1-3-18(13-8-5-4-6-9-13)15(20)11-7-10-14-17-16-12(2)19-14/h13H,3-11H2,1-2H3. The zero-order valence-electron chi connectivity index (χ0n) is 12.6. The third-order valence-electron chi connectivity index (χ3n) is 4.03. The zero-order chi connectivity index (χ0) is 14.4. The molecule has 112 valence electrons. The van der Waals surface area contributed by atoms with Crippen molar-refractivity contribution in [1.29, 1.82) is 0 Å². The number of aryl methyl sites for hydroxylation is 2. The SMILES string of the molecule is CCN(C(=S)CCCc1nnc(C)o1)C1CCCCC1. The summed E-state index contributed by atoms with van der Waals surface area (Å²) in [5, 5.41) is 7.87. The van der Waals surface area contributed by atoms with E-state index in [-0.39, 0.29) is 0 Å². The monoisotopic (exact) mass is 295 g/mol. The highest BCUT2D eigenvalue weighted by molar-refractivity contribution is 7.80. The first-order chi connectivity index (χ1) is 9.70. The molecule has 2 rings (SSSR count). The van der Waals surface area contributed by atoms with Crippen molar-refractivity contribution in [2.75, 3.05) is 6.54 Å². The molecule has 5 heteroatoms. The lowest BCUT2D eigenvalue weighted by atomic mass is 9.94. The van der Waals surface area contributed by atoms with Crippen molar-refractivity contribution in [2.24, 2.45) is 0 Å². The van der Waals surface area contributed by atoms with Gasteiger partial charge < -0.3 is 9.32 Å². The lowest BCUT2D eigenvalue weighted by Gasteiger charge is -2.35. The third kappa shape index (κ3) is 4.27. The second-order valence-corrected chi connectivity index (χ2v) is 6.01. The summed E-state index contributed by atoms with van der Waals surface area (Å²) < 4.78 is 5.39. The molecule has 1 aromatic rings. The van der Waals surface area contributed by atoms with Crippen LogP contribution in [0.1, 0.15) is 63.7 Å². The number of thiocarbonyl (C=S) groups is 1. The van der Waals surface area contributed by atoms with Crippen LogP contribution in [0.15, 0.2) is 4.42 Å². The molecular weight excluding hydrogens is 270 g/mol. The molecule has 1 saturated carbocycles. The number of nitrogens with zero attached hydrogens (tertiary/aromatic N) is 3. The molecular formula is C15H25N3OS. The Morgan fingerprint density at radius 1 is 1.30 bits per heavy atom. The fourth-order valence-electron chi connectivity index (χ4n) is 3.00. The van der Waals surface area contributed by atoms with Crippen molar-refractivity contribution in [3.05, 3.63) is 11.8 Å². The maximum Gasteiger partial charge on any atom is 0.216 e. The van der Waals surface area contributed by atoms with Crippen LogP contribution in [0.5, 0.6) is 0 Å². The van der Waals surface area contributed by atoms with Crippen LogP contribution in [0.3, 0.4) is 0 Å². The Morgan fingerprint density at radius 2 is 2.05 bits per heavy atom. The Bertz CT molecular complexity index is 427. The summed E-state index contributed by atoms with van der Waals surface area (Å²) >= 11 is 5.64. The predicted octanol–water partition coefficient (Wildman–Crippen LogP) is 3.68. The quantitative estimate of drug-likeness (QED) is 0.749. The molecule has 1 fully saturated rings. The van der Waals surface area contributed by atoms with Gasteiger partial charge in [0.1, 0.15) is 0 Å². The Morgan fingerprint density at radius 3 is 2.65 bits per heavy atom. The minimum atomic E-state index is 0.639. The summed E-state index contributed by atoms with van der Waals surface area (Å²) in [4.78, 5) is 3.55. The number of aromatic nitrogens is 2. The molecule has 0 radical (unpaired) electrons. The summed E-state index contributed by atoms with van der Waals surface area (Å²) in [5.41, 5.74) is 0. The van der Waals surface area contributed by atoms with Gasteiger partial charge in [-0.25, -0.2) is 0 Å². The van der Waals surface area contributed by atoms with Gasteiger partial charge >= 0.3 is 0 Å². The van der Waals surface area contributed by atoms with Gasteiger partial charge in [-0.15, -0.1) is 10.2 Å². The van der Waals surface area contributed by atoms with Gasteiger partial charge in [0.2, 0.25) is 11.8 Å². The van der Waals surface area contributed by atoms with E-state index in [0.717, 1.165) is 36.7 Å². The van der Waals surface area contributed by atoms with Crippen molar-refractivity contribution in [1.82, 2.24) is 15.1 Å². The lowest BCUT2D eigenvalue weighted by molar-refractivity contribution is 0.251. The highest BCUT2D eigenvalue weighted by Crippen LogP contribution is 2.23. The summed E-state index contributed by atoms with van der Waals surface area (Å²) in [5.74, 6) is 1.37. The fourth-order valence-corrected chi connectivity index (χ4v) is 3.43. The Hall–Kier alpha value is -0.970. The van der Waals surface area contributed by atoms with Crippen molar-refractivity contribution < 1.29 is 4.42 Å². The maximum atomic E-state index is 5.64. The Labute approximate surface area is 126 Å². The van der Waals surface area contributed by atoms with E-state index in [0.29, 0.717) is 11.9 Å². The number of hydrogen-bond acceptors (Lipinski definition) is 4. The number of hydrogen-bond donors (Lipinski definition) is 0. The van der Waals surface area contributed by atoms with Crippen molar-refractivity contribution in [2.45, 2.75) is 71.3 Å². The molecule has 0 unspecified atom stereocenters. The molecule has 0 aliphatic heterocycles. The van der Waals surface area contributed by atoms with Crippen LogP contribution in [0.2, 0.25) is 0 Å². The van der Waals surface area contributed by atoms with Gasteiger partial charge in [0, 0.05) is 25.9 Å². The van der Waals surface area contributed by atoms with Gasteiger partial charge in [-0.1, -0.05) is 31.5 Å². The topological polar surface area (TPSA) is 42.2 Å². The first-order valence-corrected chi connectivity index (χ1v) is 8.20. The van der Waals surface area contributed by atoms with Gasteiger partial charge in [-0.2, -0.15) is 0 Å². The van der Waals surface area contributed by atoms with Gasteiger partial charge in [0.15, 0.2) is 0 Å². The second kappa shape index (κ2) is 7.72. The molecule has 0 spiro atoms. The fraction of sp³-hybridized carbons (Fsp3) is 0.800. The largest absolute Gasteiger partial charge is 0.426 e. The van der Waals surface area contributed by atoms with Gasteiger partial charge in [-0.05, 0) is 32.6 Å². The lowest BCUT2D eigenvalue weighted by Crippen LogP contribution is -2.40. The summed E-state index contributed by atoms with van der Waals surface area (Å²) in [6.45, 7) is 5.06. The van der Waals surface area contributed by atoms with Crippen LogP contribution in [-0.2, 0) is 6.42 Å². The minimum absolute atomic E-state index is 0.639. The minimum Gasteiger partial charge on any atom is -0.426 e. The average molecular weight is 295 g/mol. The molecule has 4 nitrogen and oxygen atoms in total. The smallest absolute Gasteiger partial charge is 0.216 e. The zero-order valence-corrected chi connectivity index (χ0v) is 13.4. The maximum absolute atomic E-state index is 5.64. The van der Waals surface area contributed by atoms with Crippen molar-refractivity contribution >= 4 is 17.2 Å². The van der Waals surface area contributed by atoms with Gasteiger partial charge in [0.05, 0.1) is 4.99 Å². The molecule has 0 saturated heterocycles. The van der Waals surface area contributed by atoms with E-state index in [2.05, 4.69) is 22.0 Å². The van der Waals surface area contributed by atoms with Crippen LogP contribution < -0.4 is 0 Å². The molecule has 1 heterocycles. The Kier molecular flexibility index (Phi) is 5.95. The van der Waals surface area contributed by atoms with E-state index in [1.807, 2.05) is 6.92 Å². The molecule has 0 amide bonds. The summed E-state index contributed by atoms with van der Waals surface area (Å²) in [6, 6.07) is 0.673. The van der Waals surface area contributed by atoms with E-state index >= 15 is 0 Å². The third-order valence-corrected chi connectivity index (χ3v) is 4.46. The average Bonchev–Trinajstić information content (AvgIpc) is 2.86. The summed E-state index contributed by atoms with van der Waals surface area (Å²) in [7, 11) is 0. The van der Waals surface area contributed by atoms with E-state index < -0.39 is 0 Å². The molecule has 1 aromatic heterocycles. The van der Waals surface area contributed by atoms with Crippen LogP contribution in [-0.4, -0.2) is 32.7 Å². The van der Waals surface area contributed by atoms with E-state index in [1.54, 1.807) is 0 Å². The van der Waals surface area contributed by atoms with Gasteiger partial charge in [-0.3, -0.25) is 0 Å². The molecule has 0 atom stereocenters. The van der Waals surface area contributed by atoms with Crippen LogP contribution in [0.4, 0.5) is 0 Å². The second-order valence-electron chi connectivity index (χ2n) is 5.54. The molecule has 0 N–H and O–H groups in total. The highest BCUT2D eigenvalue weighted by Gasteiger charge is 2.21. The van der Waals surface area contributed by atoms with E-state index in [9.17, 15) is 0 Å². The first kappa shape index (κ1) is 15.4. The molecule has 0 bridgehead atoms. The molecule has 20 heavy (non-hydrogen) atoms. The van der Waals surface area contributed by atoms with Crippen LogP contribution >= 0.6 is 12.2 Å². The van der Waals surface area contributed by atoms with E-state index in [1.165, 1.54) is 32.1 Å². The first-order valence-electron chi connectivity index (χ1n) is 7.79. The van der Waals surface area contributed by atoms with Crippen molar-refractivity contribution in [3.63, 3.8) is 0 Å². The number of rotatable bonds is 6. The molecule has 1 aliphatic carbocycles. The molecule has 0 aromatic carbocycles. The highest BCUT2D eigenvalue weighted by atomic mass is 32.1. The van der Waals surface area contributed by atoms with Crippen LogP contribution in [0.25, 0.3) is 0 Å². The van der Waals surface area contributed by atoms with E-state index in [4.69, 9.17) is 16.6 Å². The van der Waals surface area contributed by atoms with Crippen LogP contribution in [0, 0.1) is 6.92 Å². The molecule has 1 aliphatic rings.